The Balaban J connectivity index is 1.64. The van der Waals surface area contributed by atoms with Gasteiger partial charge in [0.2, 0.25) is 5.91 Å². The molecule has 31 heavy (non-hydrogen) atoms. The SMILES string of the molecule is CCOC(=O)c1sc(N(Cc2ccccc2)C(=O)C2COc3ccccc3C2)nc1C. The van der Waals surface area contributed by atoms with Crippen LogP contribution in [0.25, 0.3) is 0 Å². The highest BCUT2D eigenvalue weighted by atomic mass is 32.1. The van der Waals surface area contributed by atoms with Crippen molar-refractivity contribution in [1.29, 1.82) is 0 Å². The zero-order valence-corrected chi connectivity index (χ0v) is 18.4. The van der Waals surface area contributed by atoms with Gasteiger partial charge in [0, 0.05) is 0 Å². The van der Waals surface area contributed by atoms with Gasteiger partial charge in [-0.2, -0.15) is 0 Å². The topological polar surface area (TPSA) is 68.7 Å². The highest BCUT2D eigenvalue weighted by molar-refractivity contribution is 7.17. The van der Waals surface area contributed by atoms with Crippen LogP contribution in [0, 0.1) is 12.8 Å². The predicted molar refractivity (Wildman–Crippen MR) is 120 cm³/mol. The van der Waals surface area contributed by atoms with E-state index in [9.17, 15) is 9.59 Å². The van der Waals surface area contributed by atoms with Crippen LogP contribution < -0.4 is 9.64 Å². The number of aromatic nitrogens is 1. The summed E-state index contributed by atoms with van der Waals surface area (Å²) in [7, 11) is 0. The van der Waals surface area contributed by atoms with Gasteiger partial charge < -0.3 is 9.47 Å². The average Bonchev–Trinajstić information content (AvgIpc) is 3.19. The number of carbonyl (C=O) groups excluding carboxylic acids is 2. The van der Waals surface area contributed by atoms with Crippen molar-refractivity contribution in [3.63, 3.8) is 0 Å². The standard InChI is InChI=1S/C24H24N2O4S/c1-3-29-23(28)21-16(2)25-24(31-21)26(14-17-9-5-4-6-10-17)22(27)19-13-18-11-7-8-12-20(18)30-15-19/h4-12,19H,3,13-15H2,1-2H3. The third-order valence-corrected chi connectivity index (χ3v) is 6.32. The second-order valence-electron chi connectivity index (χ2n) is 7.36. The van der Waals surface area contributed by atoms with E-state index < -0.39 is 5.97 Å². The van der Waals surface area contributed by atoms with E-state index in [2.05, 4.69) is 4.98 Å². The molecule has 1 atom stereocenters. The van der Waals surface area contributed by atoms with Gasteiger partial charge in [0.25, 0.3) is 0 Å². The first-order valence-corrected chi connectivity index (χ1v) is 11.1. The van der Waals surface area contributed by atoms with E-state index in [-0.39, 0.29) is 18.4 Å². The van der Waals surface area contributed by atoms with Gasteiger partial charge in [-0.1, -0.05) is 59.9 Å². The van der Waals surface area contributed by atoms with Crippen LogP contribution in [-0.2, 0) is 22.5 Å². The van der Waals surface area contributed by atoms with Gasteiger partial charge in [0.1, 0.15) is 17.2 Å². The van der Waals surface area contributed by atoms with Crippen molar-refractivity contribution in [2.75, 3.05) is 18.1 Å². The number of amides is 1. The number of benzene rings is 2. The van der Waals surface area contributed by atoms with E-state index >= 15 is 0 Å². The monoisotopic (exact) mass is 436 g/mol. The van der Waals surface area contributed by atoms with Crippen LogP contribution in [0.15, 0.2) is 54.6 Å². The van der Waals surface area contributed by atoms with E-state index in [0.717, 1.165) is 16.9 Å². The molecule has 1 aliphatic heterocycles. The van der Waals surface area contributed by atoms with E-state index in [1.54, 1.807) is 18.7 Å². The molecule has 0 bridgehead atoms. The summed E-state index contributed by atoms with van der Waals surface area (Å²) < 4.78 is 11.0. The normalized spacial score (nSPS) is 15.0. The fourth-order valence-electron chi connectivity index (χ4n) is 3.60. The molecule has 1 amide bonds. The van der Waals surface area contributed by atoms with Crippen molar-refractivity contribution in [3.05, 3.63) is 76.3 Å². The van der Waals surface area contributed by atoms with Crippen LogP contribution >= 0.6 is 11.3 Å². The summed E-state index contributed by atoms with van der Waals surface area (Å²) >= 11 is 1.19. The Morgan fingerprint density at radius 3 is 2.68 bits per heavy atom. The number of thiazole rings is 1. The van der Waals surface area contributed by atoms with Crippen molar-refractivity contribution in [2.45, 2.75) is 26.8 Å². The highest BCUT2D eigenvalue weighted by Gasteiger charge is 2.32. The molecule has 2 aromatic carbocycles. The zero-order chi connectivity index (χ0) is 21.8. The fourth-order valence-corrected chi connectivity index (χ4v) is 4.56. The molecular formula is C24H24N2O4S. The summed E-state index contributed by atoms with van der Waals surface area (Å²) in [6, 6.07) is 17.6. The van der Waals surface area contributed by atoms with Crippen molar-refractivity contribution in [1.82, 2.24) is 4.98 Å². The third-order valence-electron chi connectivity index (χ3n) is 5.15. The summed E-state index contributed by atoms with van der Waals surface area (Å²) in [6.07, 6.45) is 0.607. The molecule has 0 spiro atoms. The molecule has 2 heterocycles. The first-order chi connectivity index (χ1) is 15.1. The number of rotatable bonds is 6. The number of hydrogen-bond acceptors (Lipinski definition) is 6. The lowest BCUT2D eigenvalue weighted by Crippen LogP contribution is -2.40. The van der Waals surface area contributed by atoms with Crippen LogP contribution in [0.1, 0.15) is 33.4 Å². The van der Waals surface area contributed by atoms with Crippen molar-refractivity contribution >= 4 is 28.3 Å². The number of fused-ring (bicyclic) bond motifs is 1. The van der Waals surface area contributed by atoms with E-state index in [4.69, 9.17) is 9.47 Å². The zero-order valence-electron chi connectivity index (χ0n) is 17.5. The molecule has 3 aromatic rings. The average molecular weight is 437 g/mol. The van der Waals surface area contributed by atoms with Gasteiger partial charge in [-0.15, -0.1) is 0 Å². The second-order valence-corrected chi connectivity index (χ2v) is 8.34. The van der Waals surface area contributed by atoms with Gasteiger partial charge in [0.15, 0.2) is 5.13 Å². The molecule has 1 aliphatic rings. The maximum absolute atomic E-state index is 13.6. The molecular weight excluding hydrogens is 412 g/mol. The number of carbonyl (C=O) groups is 2. The largest absolute Gasteiger partial charge is 0.492 e. The number of esters is 1. The van der Waals surface area contributed by atoms with E-state index in [1.807, 2.05) is 54.6 Å². The van der Waals surface area contributed by atoms with Crippen LogP contribution in [0.5, 0.6) is 5.75 Å². The number of para-hydroxylation sites is 1. The molecule has 0 fully saturated rings. The number of hydrogen-bond donors (Lipinski definition) is 0. The van der Waals surface area contributed by atoms with E-state index in [1.165, 1.54) is 11.3 Å². The molecule has 4 rings (SSSR count). The molecule has 0 saturated carbocycles. The van der Waals surface area contributed by atoms with Crippen LogP contribution in [0.3, 0.4) is 0 Å². The summed E-state index contributed by atoms with van der Waals surface area (Å²) in [4.78, 5) is 32.6. The van der Waals surface area contributed by atoms with Gasteiger partial charge in [0.05, 0.1) is 24.8 Å². The Hall–Kier alpha value is -3.19. The summed E-state index contributed by atoms with van der Waals surface area (Å²) in [5.41, 5.74) is 2.57. The predicted octanol–water partition coefficient (Wildman–Crippen LogP) is 4.41. The van der Waals surface area contributed by atoms with Gasteiger partial charge in [-0.25, -0.2) is 9.78 Å². The quantitative estimate of drug-likeness (QED) is 0.536. The Kier molecular flexibility index (Phi) is 6.32. The lowest BCUT2D eigenvalue weighted by Gasteiger charge is -2.29. The lowest BCUT2D eigenvalue weighted by atomic mass is 9.95. The van der Waals surface area contributed by atoms with E-state index in [0.29, 0.717) is 35.3 Å². The smallest absolute Gasteiger partial charge is 0.350 e. The highest BCUT2D eigenvalue weighted by Crippen LogP contribution is 2.32. The minimum absolute atomic E-state index is 0.0671. The molecule has 0 aliphatic carbocycles. The molecule has 1 aromatic heterocycles. The minimum Gasteiger partial charge on any atom is -0.492 e. The molecule has 0 N–H and O–H groups in total. The van der Waals surface area contributed by atoms with Crippen LogP contribution in [-0.4, -0.2) is 30.1 Å². The van der Waals surface area contributed by atoms with Crippen LogP contribution in [0.2, 0.25) is 0 Å². The Morgan fingerprint density at radius 2 is 1.90 bits per heavy atom. The van der Waals surface area contributed by atoms with Gasteiger partial charge in [-0.05, 0) is 37.5 Å². The second kappa shape index (κ2) is 9.31. The lowest BCUT2D eigenvalue weighted by molar-refractivity contribution is -0.123. The van der Waals surface area contributed by atoms with Crippen molar-refractivity contribution in [2.24, 2.45) is 5.92 Å². The fraction of sp³-hybridized carbons (Fsp3) is 0.292. The Bertz CT molecular complexity index is 1080. The molecule has 0 radical (unpaired) electrons. The summed E-state index contributed by atoms with van der Waals surface area (Å²) in [5, 5.41) is 0.494. The Labute approximate surface area is 185 Å². The number of anilines is 1. The van der Waals surface area contributed by atoms with Crippen molar-refractivity contribution < 1.29 is 19.1 Å². The minimum atomic E-state index is -0.411. The van der Waals surface area contributed by atoms with Gasteiger partial charge in [-0.3, -0.25) is 9.69 Å². The molecule has 6 nitrogen and oxygen atoms in total. The molecule has 1 unspecified atom stereocenters. The molecule has 7 heteroatoms. The maximum atomic E-state index is 13.6. The first-order valence-electron chi connectivity index (χ1n) is 10.3. The molecule has 160 valence electrons. The third kappa shape index (κ3) is 4.61. The maximum Gasteiger partial charge on any atom is 0.350 e. The number of ether oxygens (including phenoxy) is 2. The summed E-state index contributed by atoms with van der Waals surface area (Å²) in [6.45, 7) is 4.50. The van der Waals surface area contributed by atoms with Crippen LogP contribution in [0.4, 0.5) is 5.13 Å². The van der Waals surface area contributed by atoms with Crippen molar-refractivity contribution in [3.8, 4) is 5.75 Å². The first kappa shape index (κ1) is 21.1. The van der Waals surface area contributed by atoms with Gasteiger partial charge >= 0.3 is 5.97 Å². The Morgan fingerprint density at radius 1 is 1.16 bits per heavy atom. The molecule has 0 saturated heterocycles. The number of aryl methyl sites for hydroxylation is 1. The number of nitrogens with zero attached hydrogens (tertiary/aromatic N) is 2. The summed E-state index contributed by atoms with van der Waals surface area (Å²) in [5.74, 6) is 0.0259.